The van der Waals surface area contributed by atoms with Gasteiger partial charge in [0.15, 0.2) is 0 Å². The number of aromatic nitrogens is 3. The Kier molecular flexibility index (Phi) is 3.28. The van der Waals surface area contributed by atoms with Gasteiger partial charge < -0.3 is 9.97 Å². The highest BCUT2D eigenvalue weighted by atomic mass is 16.1. The Morgan fingerprint density at radius 2 is 1.90 bits per heavy atom. The Morgan fingerprint density at radius 3 is 2.65 bits per heavy atom. The van der Waals surface area contributed by atoms with Gasteiger partial charge in [0.05, 0.1) is 6.54 Å². The number of para-hydroxylation sites is 1. The zero-order chi connectivity index (χ0) is 14.1. The van der Waals surface area contributed by atoms with Crippen LogP contribution in [0.2, 0.25) is 0 Å². The van der Waals surface area contributed by atoms with Gasteiger partial charge in [-0.15, -0.1) is 0 Å². The van der Waals surface area contributed by atoms with E-state index in [0.29, 0.717) is 12.1 Å². The molecule has 5 heteroatoms. The van der Waals surface area contributed by atoms with Gasteiger partial charge in [-0.1, -0.05) is 32.0 Å². The molecule has 2 heterocycles. The summed E-state index contributed by atoms with van der Waals surface area (Å²) in [5.41, 5.74) is 2.15. The average Bonchev–Trinajstić information content (AvgIpc) is 2.84. The maximum atomic E-state index is 12.2. The Labute approximate surface area is 116 Å². The molecule has 0 saturated heterocycles. The van der Waals surface area contributed by atoms with Crippen molar-refractivity contribution in [3.8, 4) is 0 Å². The number of hydrogen-bond acceptors (Lipinski definition) is 3. The fraction of sp³-hybridized carbons (Fsp3) is 0.333. The molecule has 0 saturated carbocycles. The maximum Gasteiger partial charge on any atom is 0.275 e. The van der Waals surface area contributed by atoms with Crippen molar-refractivity contribution in [3.63, 3.8) is 0 Å². The Morgan fingerprint density at radius 1 is 1.15 bits per heavy atom. The molecule has 0 unspecified atom stereocenters. The lowest BCUT2D eigenvalue weighted by Crippen LogP contribution is -2.25. The summed E-state index contributed by atoms with van der Waals surface area (Å²) in [6.07, 6.45) is 0. The molecule has 3 aromatic rings. The second-order valence-corrected chi connectivity index (χ2v) is 4.87. The number of fused-ring (bicyclic) bond motifs is 3. The predicted octanol–water partition coefficient (Wildman–Crippen LogP) is 2.25. The Bertz CT molecular complexity index is 798. The number of aromatic amines is 2. The van der Waals surface area contributed by atoms with Crippen LogP contribution in [0.1, 0.15) is 19.7 Å². The van der Waals surface area contributed by atoms with Crippen molar-refractivity contribution in [1.29, 1.82) is 0 Å². The third-order valence-corrected chi connectivity index (χ3v) is 3.68. The minimum absolute atomic E-state index is 0.103. The van der Waals surface area contributed by atoms with E-state index in [1.807, 2.05) is 24.3 Å². The first-order valence-electron chi connectivity index (χ1n) is 6.95. The fourth-order valence-electron chi connectivity index (χ4n) is 2.50. The van der Waals surface area contributed by atoms with Gasteiger partial charge in [0, 0.05) is 10.9 Å². The normalized spacial score (nSPS) is 11.8. The average molecular weight is 270 g/mol. The molecule has 0 spiro atoms. The van der Waals surface area contributed by atoms with E-state index in [4.69, 9.17) is 0 Å². The number of hydrogen-bond donors (Lipinski definition) is 2. The summed E-state index contributed by atoms with van der Waals surface area (Å²) in [7, 11) is 0. The van der Waals surface area contributed by atoms with Gasteiger partial charge in [-0.2, -0.15) is 0 Å². The first-order chi connectivity index (χ1) is 9.72. The van der Waals surface area contributed by atoms with Crippen LogP contribution in [0.25, 0.3) is 21.9 Å². The zero-order valence-electron chi connectivity index (χ0n) is 11.7. The van der Waals surface area contributed by atoms with Crippen LogP contribution in [-0.4, -0.2) is 32.9 Å². The summed E-state index contributed by atoms with van der Waals surface area (Å²) < 4.78 is 0. The maximum absolute atomic E-state index is 12.2. The molecule has 0 aliphatic rings. The molecular weight excluding hydrogens is 252 g/mol. The van der Waals surface area contributed by atoms with Crippen LogP contribution in [0.5, 0.6) is 0 Å². The van der Waals surface area contributed by atoms with E-state index >= 15 is 0 Å². The third kappa shape index (κ3) is 2.10. The van der Waals surface area contributed by atoms with Crippen molar-refractivity contribution in [2.45, 2.75) is 20.4 Å². The Balaban J connectivity index is 2.17. The summed E-state index contributed by atoms with van der Waals surface area (Å²) in [5, 5.41) is 0.995. The number of nitrogens with one attached hydrogen (secondary N) is 2. The standard InChI is InChI=1S/C15H18N4O/c1-3-19(4-2)9-12-17-13-10-7-5-6-8-11(10)16-14(13)15(20)18-12/h5-8,16H,3-4,9H2,1-2H3,(H,17,18,20). The molecule has 20 heavy (non-hydrogen) atoms. The van der Waals surface area contributed by atoms with E-state index in [2.05, 4.69) is 33.7 Å². The van der Waals surface area contributed by atoms with Crippen LogP contribution in [0.3, 0.4) is 0 Å². The fourth-order valence-corrected chi connectivity index (χ4v) is 2.50. The van der Waals surface area contributed by atoms with Crippen molar-refractivity contribution in [2.75, 3.05) is 13.1 Å². The highest BCUT2D eigenvalue weighted by Gasteiger charge is 2.11. The van der Waals surface area contributed by atoms with Gasteiger partial charge in [-0.25, -0.2) is 4.98 Å². The molecule has 0 radical (unpaired) electrons. The van der Waals surface area contributed by atoms with Gasteiger partial charge in [0.25, 0.3) is 5.56 Å². The van der Waals surface area contributed by atoms with Gasteiger partial charge in [-0.05, 0) is 19.2 Å². The largest absolute Gasteiger partial charge is 0.349 e. The molecule has 0 atom stereocenters. The summed E-state index contributed by atoms with van der Waals surface area (Å²) in [5.74, 6) is 0.718. The second-order valence-electron chi connectivity index (χ2n) is 4.87. The van der Waals surface area contributed by atoms with E-state index in [-0.39, 0.29) is 5.56 Å². The van der Waals surface area contributed by atoms with Crippen molar-refractivity contribution in [2.24, 2.45) is 0 Å². The highest BCUT2D eigenvalue weighted by molar-refractivity contribution is 6.04. The number of rotatable bonds is 4. The summed E-state index contributed by atoms with van der Waals surface area (Å²) in [6.45, 7) is 6.74. The molecule has 0 aliphatic heterocycles. The van der Waals surface area contributed by atoms with Gasteiger partial charge in [0.2, 0.25) is 0 Å². The molecule has 2 N–H and O–H groups in total. The SMILES string of the molecule is CCN(CC)Cc1nc2c([nH]c3ccccc32)c(=O)[nH]1. The van der Waals surface area contributed by atoms with Gasteiger partial charge in [0.1, 0.15) is 16.9 Å². The van der Waals surface area contributed by atoms with Crippen LogP contribution >= 0.6 is 0 Å². The van der Waals surface area contributed by atoms with E-state index in [9.17, 15) is 4.79 Å². The van der Waals surface area contributed by atoms with E-state index in [0.717, 1.165) is 35.3 Å². The van der Waals surface area contributed by atoms with E-state index < -0.39 is 0 Å². The van der Waals surface area contributed by atoms with Crippen molar-refractivity contribution >= 4 is 21.9 Å². The van der Waals surface area contributed by atoms with Crippen LogP contribution in [0.15, 0.2) is 29.1 Å². The minimum atomic E-state index is -0.103. The molecule has 5 nitrogen and oxygen atoms in total. The number of benzene rings is 1. The predicted molar refractivity (Wildman–Crippen MR) is 80.8 cm³/mol. The van der Waals surface area contributed by atoms with Gasteiger partial charge in [-0.3, -0.25) is 9.69 Å². The van der Waals surface area contributed by atoms with E-state index in [1.54, 1.807) is 0 Å². The summed E-state index contributed by atoms with van der Waals surface area (Å²) in [6, 6.07) is 7.85. The monoisotopic (exact) mass is 270 g/mol. The second kappa shape index (κ2) is 5.09. The van der Waals surface area contributed by atoms with Crippen molar-refractivity contribution in [3.05, 3.63) is 40.4 Å². The molecule has 0 bridgehead atoms. The molecule has 0 amide bonds. The minimum Gasteiger partial charge on any atom is -0.349 e. The lowest BCUT2D eigenvalue weighted by molar-refractivity contribution is 0.288. The molecule has 3 rings (SSSR count). The van der Waals surface area contributed by atoms with Crippen LogP contribution < -0.4 is 5.56 Å². The summed E-state index contributed by atoms with van der Waals surface area (Å²) in [4.78, 5) is 25.0. The van der Waals surface area contributed by atoms with Crippen LogP contribution in [-0.2, 0) is 6.54 Å². The van der Waals surface area contributed by atoms with E-state index in [1.165, 1.54) is 0 Å². The van der Waals surface area contributed by atoms with Gasteiger partial charge >= 0.3 is 0 Å². The topological polar surface area (TPSA) is 64.8 Å². The van der Waals surface area contributed by atoms with Crippen molar-refractivity contribution < 1.29 is 0 Å². The summed E-state index contributed by atoms with van der Waals surface area (Å²) >= 11 is 0. The van der Waals surface area contributed by atoms with Crippen LogP contribution in [0, 0.1) is 0 Å². The first-order valence-corrected chi connectivity index (χ1v) is 6.95. The first kappa shape index (κ1) is 12.9. The number of nitrogens with zero attached hydrogens (tertiary/aromatic N) is 2. The smallest absolute Gasteiger partial charge is 0.275 e. The molecule has 1 aromatic carbocycles. The quantitative estimate of drug-likeness (QED) is 0.764. The van der Waals surface area contributed by atoms with Crippen LogP contribution in [0.4, 0.5) is 0 Å². The third-order valence-electron chi connectivity index (χ3n) is 3.68. The number of H-pyrrole nitrogens is 2. The molecule has 0 aliphatic carbocycles. The Hall–Kier alpha value is -2.14. The molecule has 2 aromatic heterocycles. The molecular formula is C15H18N4O. The molecule has 104 valence electrons. The van der Waals surface area contributed by atoms with Crippen molar-refractivity contribution in [1.82, 2.24) is 19.9 Å². The lowest BCUT2D eigenvalue weighted by atomic mass is 10.2. The lowest BCUT2D eigenvalue weighted by Gasteiger charge is -2.16. The zero-order valence-corrected chi connectivity index (χ0v) is 11.7. The highest BCUT2D eigenvalue weighted by Crippen LogP contribution is 2.20. The molecule has 0 fully saturated rings.